The highest BCUT2D eigenvalue weighted by Crippen LogP contribution is 2.45. The van der Waals surface area contributed by atoms with E-state index in [2.05, 4.69) is 104 Å². The molecule has 1 unspecified atom stereocenters. The molecule has 2 bridgehead atoms. The average molecular weight is 937 g/mol. The molecule has 342 valence electrons. The quantitative estimate of drug-likeness (QED) is 0.110. The molecule has 0 spiro atoms. The van der Waals surface area contributed by atoms with E-state index < -0.39 is 6.10 Å². The fraction of sp³-hybridized carbons (Fsp3) is 0.0312. The molecule has 4 aromatic heterocycles. The second kappa shape index (κ2) is 19.6. The second-order valence-electron chi connectivity index (χ2n) is 17.2. The van der Waals surface area contributed by atoms with Gasteiger partial charge in [-0.1, -0.05) is 90.2 Å². The molecule has 73 heavy (non-hydrogen) atoms. The smallest absolute Gasteiger partial charge is 0.184 e. The van der Waals surface area contributed by atoms with Crippen LogP contribution in [0.15, 0.2) is 264 Å². The summed E-state index contributed by atoms with van der Waals surface area (Å²) >= 11 is 0. The molecule has 0 saturated carbocycles. The number of amidine groups is 1. The van der Waals surface area contributed by atoms with Gasteiger partial charge in [0.15, 0.2) is 17.8 Å². The monoisotopic (exact) mass is 936 g/mol. The molecular formula is C64H40N8O. The van der Waals surface area contributed by atoms with Gasteiger partial charge in [-0.15, -0.1) is 12.2 Å². The van der Waals surface area contributed by atoms with Crippen molar-refractivity contribution in [3.05, 3.63) is 282 Å². The molecule has 1 atom stereocenters. The van der Waals surface area contributed by atoms with E-state index in [1.165, 1.54) is 0 Å². The van der Waals surface area contributed by atoms with Gasteiger partial charge in [-0.05, 0) is 109 Å². The highest BCUT2D eigenvalue weighted by Gasteiger charge is 2.30. The van der Waals surface area contributed by atoms with E-state index in [1.54, 1.807) is 31.0 Å². The lowest BCUT2D eigenvalue weighted by Crippen LogP contribution is -2.24. The average Bonchev–Trinajstić information content (AvgIpc) is 3.94. The summed E-state index contributed by atoms with van der Waals surface area (Å²) in [6.45, 7) is 0. The van der Waals surface area contributed by atoms with E-state index in [-0.39, 0.29) is 0 Å². The summed E-state index contributed by atoms with van der Waals surface area (Å²) in [5.74, 6) is 4.79. The molecule has 0 radical (unpaired) electrons. The Bertz CT molecular complexity index is 3900. The molecule has 0 amide bonds. The normalized spacial score (nSPS) is 17.7. The minimum atomic E-state index is -0.839. The van der Waals surface area contributed by atoms with E-state index in [4.69, 9.17) is 31.1 Å². The van der Waals surface area contributed by atoms with Crippen molar-refractivity contribution in [2.24, 2.45) is 9.98 Å². The standard InChI is InChI=1S/C64H40N8O/c1-2-61-56(49-19-11-30-66-41-49)39-54(25-22-45-34-51(48-18-10-29-65-40-48)38-57(62(45)73-61)50-20-12-31-67-42-50)72-53-26-23-46(63-68-32-13-21-58(70-63)43-16-8-5-9-17-43)35-52(36-53)55-37-47(24-27-60(55)72)64-69-33-28-59(71-64)44-14-6-3-4-7-15-44/h1,3-12,14,16-21,23-35,37-42,61H,22H2/b54-25+,56-39-. The number of pyridine rings is 3. The summed E-state index contributed by atoms with van der Waals surface area (Å²) in [4.78, 5) is 35.6. The largest absolute Gasteiger partial charge is 0.472 e. The number of hydrogen-bond donors (Lipinski definition) is 0. The van der Waals surface area contributed by atoms with Gasteiger partial charge < -0.3 is 9.64 Å². The van der Waals surface area contributed by atoms with Crippen LogP contribution in [0.5, 0.6) is 5.75 Å². The van der Waals surface area contributed by atoms with Crippen LogP contribution in [0.2, 0.25) is 0 Å². The number of fused-ring (bicyclic) bond motifs is 3. The number of rotatable bonds is 8. The van der Waals surface area contributed by atoms with Crippen LogP contribution in [0.1, 0.15) is 27.9 Å². The van der Waals surface area contributed by atoms with Gasteiger partial charge in [0.2, 0.25) is 0 Å². The van der Waals surface area contributed by atoms with Crippen LogP contribution in [0, 0.1) is 12.3 Å². The predicted octanol–water partition coefficient (Wildman–Crippen LogP) is 12.7. The van der Waals surface area contributed by atoms with Crippen molar-refractivity contribution in [2.45, 2.75) is 12.5 Å². The Morgan fingerprint density at radius 2 is 1.48 bits per heavy atom. The minimum Gasteiger partial charge on any atom is -0.472 e. The van der Waals surface area contributed by atoms with Crippen molar-refractivity contribution < 1.29 is 4.74 Å². The van der Waals surface area contributed by atoms with Gasteiger partial charge in [-0.25, -0.2) is 20.0 Å². The van der Waals surface area contributed by atoms with Crippen molar-refractivity contribution in [1.82, 2.24) is 24.9 Å². The molecule has 0 fully saturated rings. The summed E-state index contributed by atoms with van der Waals surface area (Å²) < 4.78 is 7.13. The van der Waals surface area contributed by atoms with E-state index in [0.717, 1.165) is 101 Å². The summed E-state index contributed by atoms with van der Waals surface area (Å²) in [5.41, 5.74) is 25.7. The Morgan fingerprint density at radius 3 is 2.29 bits per heavy atom. The fourth-order valence-electron chi connectivity index (χ4n) is 9.20. The number of aliphatic imine (C=N–C) groups is 2. The predicted molar refractivity (Wildman–Crippen MR) is 291 cm³/mol. The lowest BCUT2D eigenvalue weighted by Gasteiger charge is -2.31. The Kier molecular flexibility index (Phi) is 11.8. The molecule has 12 rings (SSSR count). The maximum absolute atomic E-state index is 7.13. The van der Waals surface area contributed by atoms with E-state index in [0.29, 0.717) is 23.8 Å². The Morgan fingerprint density at radius 1 is 0.685 bits per heavy atom. The van der Waals surface area contributed by atoms with Crippen LogP contribution in [-0.4, -0.2) is 42.6 Å². The Labute approximate surface area is 422 Å². The first kappa shape index (κ1) is 43.9. The first-order chi connectivity index (χ1) is 36.1. The maximum atomic E-state index is 7.13. The number of hydrogen-bond acceptors (Lipinski definition) is 9. The van der Waals surface area contributed by atoms with Crippen LogP contribution in [0.25, 0.3) is 50.4 Å². The van der Waals surface area contributed by atoms with Crippen molar-refractivity contribution in [3.8, 4) is 51.7 Å². The first-order valence-electron chi connectivity index (χ1n) is 23.7. The summed E-state index contributed by atoms with van der Waals surface area (Å²) in [5, 5.41) is 0. The lowest BCUT2D eigenvalue weighted by atomic mass is 9.94. The number of anilines is 1. The van der Waals surface area contributed by atoms with Gasteiger partial charge in [0.25, 0.3) is 0 Å². The molecular weight excluding hydrogens is 897 g/mol. The number of nitrogens with zero attached hydrogens (tertiary/aromatic N) is 8. The number of aromatic nitrogens is 5. The highest BCUT2D eigenvalue weighted by atomic mass is 16.5. The molecule has 9 nitrogen and oxygen atoms in total. The van der Waals surface area contributed by atoms with Gasteiger partial charge in [0.05, 0.1) is 29.0 Å². The summed E-state index contributed by atoms with van der Waals surface area (Å²) in [7, 11) is 0. The third-order valence-corrected chi connectivity index (χ3v) is 12.7. The third kappa shape index (κ3) is 8.95. The van der Waals surface area contributed by atoms with Crippen LogP contribution >= 0.6 is 0 Å². The summed E-state index contributed by atoms with van der Waals surface area (Å²) in [6, 6.07) is 34.5. The molecule has 7 aromatic rings. The first-order valence-corrected chi connectivity index (χ1v) is 23.7. The molecule has 0 N–H and O–H groups in total. The molecule has 7 heterocycles. The van der Waals surface area contributed by atoms with E-state index in [9.17, 15) is 0 Å². The van der Waals surface area contributed by atoms with Gasteiger partial charge in [-0.3, -0.25) is 15.0 Å². The van der Waals surface area contributed by atoms with Gasteiger partial charge in [0.1, 0.15) is 5.75 Å². The van der Waals surface area contributed by atoms with Crippen molar-refractivity contribution in [2.75, 3.05) is 4.90 Å². The van der Waals surface area contributed by atoms with Crippen molar-refractivity contribution in [3.63, 3.8) is 0 Å². The molecule has 0 saturated heterocycles. The Hall–Kier alpha value is -10.3. The van der Waals surface area contributed by atoms with Crippen LogP contribution in [-0.2, 0) is 6.42 Å². The highest BCUT2D eigenvalue weighted by molar-refractivity contribution is 6.18. The van der Waals surface area contributed by atoms with Crippen LogP contribution < -0.4 is 9.64 Å². The molecule has 2 aliphatic carbocycles. The maximum Gasteiger partial charge on any atom is 0.184 e. The number of benzene rings is 3. The number of terminal acetylenes is 1. The molecule has 3 aliphatic heterocycles. The fourth-order valence-corrected chi connectivity index (χ4v) is 9.20. The third-order valence-electron chi connectivity index (χ3n) is 12.7. The van der Waals surface area contributed by atoms with Gasteiger partial charge in [0, 0.05) is 116 Å². The van der Waals surface area contributed by atoms with Crippen LogP contribution in [0.4, 0.5) is 5.69 Å². The molecule has 5 aliphatic rings. The van der Waals surface area contributed by atoms with Crippen molar-refractivity contribution in [1.29, 1.82) is 0 Å². The van der Waals surface area contributed by atoms with Gasteiger partial charge in [-0.2, -0.15) is 0 Å². The second-order valence-corrected chi connectivity index (χ2v) is 17.2. The zero-order chi connectivity index (χ0) is 48.9. The lowest BCUT2D eigenvalue weighted by molar-refractivity contribution is 0.312. The minimum absolute atomic E-state index is 0.461. The number of ether oxygens (including phenoxy) is 1. The van der Waals surface area contributed by atoms with Gasteiger partial charge >= 0.3 is 0 Å². The molecule has 9 heteroatoms. The SMILES string of the molecule is C#CC1Oc2c(cc(-c3cccnc3)cc2-c2cccnc2)C/C=C(N2C3=C=C(C=C(C4=NC=C=CC(c5ccccc5)=N4)C=C3)c3cc(-c4nccc(C5=C=CC=CC=C5)n4)ccc32)\C=C/1c1cccnc1. The van der Waals surface area contributed by atoms with E-state index >= 15 is 0 Å². The van der Waals surface area contributed by atoms with Crippen molar-refractivity contribution >= 4 is 34.0 Å². The van der Waals surface area contributed by atoms with Crippen LogP contribution in [0.3, 0.4) is 0 Å². The number of allylic oxidation sites excluding steroid dienone is 10. The Balaban J connectivity index is 1.06. The summed E-state index contributed by atoms with van der Waals surface area (Å²) in [6.07, 6.45) is 42.7. The zero-order valence-electron chi connectivity index (χ0n) is 39.1. The zero-order valence-corrected chi connectivity index (χ0v) is 39.1. The molecule has 3 aromatic carbocycles. The van der Waals surface area contributed by atoms with E-state index in [1.807, 2.05) is 128 Å². The topological polar surface area (TPSA) is 102 Å².